The van der Waals surface area contributed by atoms with E-state index in [-0.39, 0.29) is 16.5 Å². The minimum atomic E-state index is -3.82. The zero-order valence-corrected chi connectivity index (χ0v) is 18.5. The summed E-state index contributed by atoms with van der Waals surface area (Å²) in [5.74, 6) is -0.998. The molecule has 166 valence electrons. The molecule has 0 aromatic heterocycles. The van der Waals surface area contributed by atoms with Crippen LogP contribution >= 0.6 is 0 Å². The number of carboxylic acids is 1. The van der Waals surface area contributed by atoms with Gasteiger partial charge in [-0.2, -0.15) is 0 Å². The van der Waals surface area contributed by atoms with Crippen LogP contribution in [0.5, 0.6) is 0 Å². The first-order valence-electron chi connectivity index (χ1n) is 10.2. The molecule has 1 aliphatic rings. The number of aliphatic hydroxyl groups excluding tert-OH is 1. The highest BCUT2D eigenvalue weighted by molar-refractivity contribution is 7.92. The molecule has 1 aliphatic heterocycles. The molecule has 0 saturated heterocycles. The second-order valence-electron chi connectivity index (χ2n) is 8.03. The number of hydrogen-bond donors (Lipinski definition) is 4. The lowest BCUT2D eigenvalue weighted by atomic mass is 9.91. The number of anilines is 2. The average Bonchev–Trinajstić information content (AvgIpc) is 2.76. The van der Waals surface area contributed by atoms with Crippen molar-refractivity contribution in [3.05, 3.63) is 88.5 Å². The molecule has 3 aromatic carbocycles. The number of carboxylic acid groups (broad SMARTS) is 1. The predicted octanol–water partition coefficient (Wildman–Crippen LogP) is 4.39. The molecule has 1 unspecified atom stereocenters. The quantitative estimate of drug-likeness (QED) is 0.456. The lowest BCUT2D eigenvalue weighted by Gasteiger charge is -2.31. The van der Waals surface area contributed by atoms with Crippen LogP contribution in [0.15, 0.2) is 65.6 Å². The van der Waals surface area contributed by atoms with Crippen LogP contribution in [0.1, 0.15) is 51.2 Å². The Kier molecular flexibility index (Phi) is 5.66. The Labute approximate surface area is 186 Å². The number of aryl methyl sites for hydroxylation is 2. The summed E-state index contributed by atoms with van der Waals surface area (Å²) in [5.41, 5.74) is 4.71. The van der Waals surface area contributed by atoms with Gasteiger partial charge in [-0.25, -0.2) is 13.2 Å². The predicted molar refractivity (Wildman–Crippen MR) is 123 cm³/mol. The molecule has 1 heterocycles. The molecule has 4 rings (SSSR count). The molecule has 32 heavy (non-hydrogen) atoms. The van der Waals surface area contributed by atoms with Crippen LogP contribution in [0.2, 0.25) is 0 Å². The first-order valence-corrected chi connectivity index (χ1v) is 11.6. The van der Waals surface area contributed by atoms with Crippen molar-refractivity contribution in [3.8, 4) is 0 Å². The number of hydrogen-bond acceptors (Lipinski definition) is 5. The summed E-state index contributed by atoms with van der Waals surface area (Å²) in [7, 11) is -3.82. The second-order valence-corrected chi connectivity index (χ2v) is 9.71. The van der Waals surface area contributed by atoms with Crippen LogP contribution in [0.3, 0.4) is 0 Å². The van der Waals surface area contributed by atoms with Crippen molar-refractivity contribution < 1.29 is 23.4 Å². The van der Waals surface area contributed by atoms with E-state index in [2.05, 4.69) is 10.0 Å². The molecule has 0 spiro atoms. The Balaban J connectivity index is 1.57. The lowest BCUT2D eigenvalue weighted by molar-refractivity contribution is 0.0696. The van der Waals surface area contributed by atoms with E-state index in [1.807, 2.05) is 19.9 Å². The normalized spacial score (nSPS) is 17.8. The Morgan fingerprint density at radius 2 is 1.72 bits per heavy atom. The number of aliphatic hydroxyl groups is 1. The van der Waals surface area contributed by atoms with Gasteiger partial charge < -0.3 is 15.5 Å². The molecule has 3 aromatic rings. The highest BCUT2D eigenvalue weighted by Crippen LogP contribution is 2.40. The molecular formula is C24H24N2O5S. The van der Waals surface area contributed by atoms with Crippen LogP contribution in [-0.2, 0) is 10.0 Å². The summed E-state index contributed by atoms with van der Waals surface area (Å²) in [5, 5.41) is 23.1. The number of fused-ring (bicyclic) bond motifs is 1. The molecule has 4 N–H and O–H groups in total. The van der Waals surface area contributed by atoms with Gasteiger partial charge in [-0.1, -0.05) is 18.2 Å². The fourth-order valence-corrected chi connectivity index (χ4v) is 4.89. The monoisotopic (exact) mass is 452 g/mol. The number of aromatic carboxylic acids is 1. The first-order chi connectivity index (χ1) is 15.1. The molecule has 0 amide bonds. The van der Waals surface area contributed by atoms with Crippen molar-refractivity contribution in [1.82, 2.24) is 0 Å². The molecule has 0 aliphatic carbocycles. The van der Waals surface area contributed by atoms with E-state index in [1.165, 1.54) is 24.3 Å². The van der Waals surface area contributed by atoms with Crippen molar-refractivity contribution in [1.29, 1.82) is 0 Å². The summed E-state index contributed by atoms with van der Waals surface area (Å²) in [4.78, 5) is 11.1. The first kappa shape index (κ1) is 21.9. The van der Waals surface area contributed by atoms with E-state index in [0.717, 1.165) is 16.7 Å². The summed E-state index contributed by atoms with van der Waals surface area (Å²) in [6.45, 7) is 3.87. The largest absolute Gasteiger partial charge is 0.478 e. The molecule has 0 bridgehead atoms. The Morgan fingerprint density at radius 3 is 2.38 bits per heavy atom. The van der Waals surface area contributed by atoms with Crippen LogP contribution < -0.4 is 10.0 Å². The second kappa shape index (κ2) is 8.29. The maximum absolute atomic E-state index is 12.9. The zero-order valence-electron chi connectivity index (χ0n) is 17.7. The van der Waals surface area contributed by atoms with Crippen molar-refractivity contribution >= 4 is 27.4 Å². The van der Waals surface area contributed by atoms with Crippen LogP contribution in [0.4, 0.5) is 11.4 Å². The Morgan fingerprint density at radius 1 is 1.00 bits per heavy atom. The number of sulfonamides is 1. The third kappa shape index (κ3) is 4.32. The van der Waals surface area contributed by atoms with E-state index in [9.17, 15) is 18.3 Å². The van der Waals surface area contributed by atoms with Crippen LogP contribution in [0, 0.1) is 13.8 Å². The minimum Gasteiger partial charge on any atom is -0.478 e. The van der Waals surface area contributed by atoms with Crippen LogP contribution in [-0.4, -0.2) is 24.6 Å². The van der Waals surface area contributed by atoms with E-state index in [4.69, 9.17) is 5.11 Å². The van der Waals surface area contributed by atoms with Gasteiger partial charge in [-0.3, -0.25) is 4.72 Å². The Bertz CT molecular complexity index is 1290. The van der Waals surface area contributed by atoms with E-state index >= 15 is 0 Å². The van der Waals surface area contributed by atoms with Gasteiger partial charge in [0.1, 0.15) is 0 Å². The van der Waals surface area contributed by atoms with Gasteiger partial charge in [0.2, 0.25) is 0 Å². The molecule has 0 saturated carbocycles. The molecule has 7 nitrogen and oxygen atoms in total. The smallest absolute Gasteiger partial charge is 0.335 e. The van der Waals surface area contributed by atoms with E-state index in [1.54, 1.807) is 30.3 Å². The third-order valence-electron chi connectivity index (χ3n) is 5.80. The fraction of sp³-hybridized carbons (Fsp3) is 0.208. The number of benzene rings is 3. The topological polar surface area (TPSA) is 116 Å². The van der Waals surface area contributed by atoms with E-state index < -0.39 is 22.1 Å². The van der Waals surface area contributed by atoms with Gasteiger partial charge in [0, 0.05) is 23.4 Å². The van der Waals surface area contributed by atoms with E-state index in [0.29, 0.717) is 23.4 Å². The van der Waals surface area contributed by atoms with Gasteiger partial charge in [-0.05, 0) is 73.0 Å². The van der Waals surface area contributed by atoms with Crippen molar-refractivity contribution in [2.24, 2.45) is 0 Å². The fourth-order valence-electron chi connectivity index (χ4n) is 3.81. The van der Waals surface area contributed by atoms with Crippen LogP contribution in [0.25, 0.3) is 0 Å². The number of nitrogens with one attached hydrogen (secondary N) is 2. The molecule has 0 radical (unpaired) electrons. The lowest BCUT2D eigenvalue weighted by Crippen LogP contribution is -2.22. The van der Waals surface area contributed by atoms with Crippen molar-refractivity contribution in [2.45, 2.75) is 37.3 Å². The van der Waals surface area contributed by atoms with Crippen molar-refractivity contribution in [3.63, 3.8) is 0 Å². The summed E-state index contributed by atoms with van der Waals surface area (Å²) >= 11 is 0. The summed E-state index contributed by atoms with van der Waals surface area (Å²) in [6.07, 6.45) is -0.541. The third-order valence-corrected chi connectivity index (χ3v) is 7.18. The minimum absolute atomic E-state index is 0.0691. The summed E-state index contributed by atoms with van der Waals surface area (Å²) < 4.78 is 28.4. The molecular weight excluding hydrogens is 428 g/mol. The maximum Gasteiger partial charge on any atom is 0.335 e. The highest BCUT2D eigenvalue weighted by atomic mass is 32.2. The van der Waals surface area contributed by atoms with Crippen molar-refractivity contribution in [2.75, 3.05) is 10.0 Å². The highest BCUT2D eigenvalue weighted by Gasteiger charge is 2.28. The number of rotatable bonds is 5. The SMILES string of the molecule is Cc1ccc(NS(=O)(=O)c2ccc3c(c2)C(O)C[C@H](c2ccc(C(=O)O)cc2)N3)cc1C. The molecule has 8 heteroatoms. The molecule has 2 atom stereocenters. The van der Waals surface area contributed by atoms with Gasteiger partial charge in [0.25, 0.3) is 10.0 Å². The van der Waals surface area contributed by atoms with Gasteiger partial charge in [0.15, 0.2) is 0 Å². The average molecular weight is 453 g/mol. The van der Waals surface area contributed by atoms with Gasteiger partial charge >= 0.3 is 5.97 Å². The molecule has 0 fully saturated rings. The van der Waals surface area contributed by atoms with Gasteiger partial charge in [-0.15, -0.1) is 0 Å². The van der Waals surface area contributed by atoms with Gasteiger partial charge in [0.05, 0.1) is 22.6 Å². The number of carbonyl (C=O) groups is 1. The zero-order chi connectivity index (χ0) is 23.0. The Hall–Kier alpha value is -3.36. The standard InChI is InChI=1S/C24H24N2O5S/c1-14-3-8-18(11-15(14)2)26-32(30,31)19-9-10-21-20(12-19)23(27)13-22(25-21)16-4-6-17(7-5-16)24(28)29/h3-12,22-23,25-27H,13H2,1-2H3,(H,28,29)/t22-,23?/m1/s1. The maximum atomic E-state index is 12.9. The summed E-state index contributed by atoms with van der Waals surface area (Å²) in [6, 6.07) is 16.2.